The Morgan fingerprint density at radius 2 is 0.958 bits per heavy atom. The number of unbranched alkanes of at least 4 members (excludes halogenated alkanes) is 14. The van der Waals surface area contributed by atoms with Gasteiger partial charge in [-0.3, -0.25) is 9.59 Å². The van der Waals surface area contributed by atoms with Crippen molar-refractivity contribution in [3.05, 3.63) is 102 Å². The number of benzene rings is 4. The maximum atomic E-state index is 13.7. The maximum absolute atomic E-state index is 13.7. The fraction of sp³-hybridized carbons (Fsp3) is 0.395. The van der Waals surface area contributed by atoms with Crippen LogP contribution in [0.4, 0.5) is 11.4 Å². The van der Waals surface area contributed by atoms with Crippen LogP contribution in [0, 0.1) is 0 Å². The van der Waals surface area contributed by atoms with Gasteiger partial charge in [-0.1, -0.05) is 121 Å². The van der Waals surface area contributed by atoms with E-state index in [4.69, 9.17) is 16.2 Å². The third-order valence-corrected chi connectivity index (χ3v) is 8.97. The van der Waals surface area contributed by atoms with E-state index in [1.54, 1.807) is 24.3 Å². The summed E-state index contributed by atoms with van der Waals surface area (Å²) in [5.74, 6) is 0.0958. The van der Waals surface area contributed by atoms with Crippen molar-refractivity contribution in [1.82, 2.24) is 0 Å². The molecule has 48 heavy (non-hydrogen) atoms. The molecule has 0 aliphatic rings. The minimum atomic E-state index is -0.231. The summed E-state index contributed by atoms with van der Waals surface area (Å²) in [5.41, 5.74) is 18.1. The molecule has 0 aromatic heterocycles. The molecule has 0 heterocycles. The van der Waals surface area contributed by atoms with Crippen molar-refractivity contribution in [2.45, 2.75) is 110 Å². The van der Waals surface area contributed by atoms with Gasteiger partial charge in [-0.2, -0.15) is 0 Å². The summed E-state index contributed by atoms with van der Waals surface area (Å²) in [7, 11) is 0. The van der Waals surface area contributed by atoms with Crippen molar-refractivity contribution in [3.8, 4) is 28.0 Å². The molecule has 5 nitrogen and oxygen atoms in total. The second-order valence-electron chi connectivity index (χ2n) is 13.1. The molecule has 0 spiro atoms. The first kappa shape index (κ1) is 36.5. The summed E-state index contributed by atoms with van der Waals surface area (Å²) in [6, 6.07) is 27.9. The highest BCUT2D eigenvalue weighted by Gasteiger charge is 2.15. The van der Waals surface area contributed by atoms with Crippen molar-refractivity contribution >= 4 is 23.1 Å². The first-order chi connectivity index (χ1) is 23.4. The van der Waals surface area contributed by atoms with Crippen LogP contribution in [0.25, 0.3) is 22.3 Å². The van der Waals surface area contributed by atoms with Crippen LogP contribution in [-0.2, 0) is 4.79 Å². The van der Waals surface area contributed by atoms with Gasteiger partial charge in [-0.25, -0.2) is 0 Å². The van der Waals surface area contributed by atoms with Gasteiger partial charge in [0.25, 0.3) is 0 Å². The average Bonchev–Trinajstić information content (AvgIpc) is 3.10. The van der Waals surface area contributed by atoms with Crippen LogP contribution in [0.1, 0.15) is 126 Å². The predicted octanol–water partition coefficient (Wildman–Crippen LogP) is 11.6. The minimum Gasteiger partial charge on any atom is -0.427 e. The van der Waals surface area contributed by atoms with Crippen molar-refractivity contribution in [2.75, 3.05) is 11.5 Å². The van der Waals surface area contributed by atoms with Gasteiger partial charge in [-0.15, -0.1) is 0 Å². The fourth-order valence-electron chi connectivity index (χ4n) is 6.19. The van der Waals surface area contributed by atoms with Crippen LogP contribution in [0.3, 0.4) is 0 Å². The molecule has 4 N–H and O–H groups in total. The number of anilines is 2. The normalized spacial score (nSPS) is 11.0. The molecule has 0 radical (unpaired) electrons. The number of esters is 1. The molecule has 0 aliphatic carbocycles. The molecule has 4 aromatic rings. The lowest BCUT2D eigenvalue weighted by Crippen LogP contribution is -2.08. The molecule has 0 saturated heterocycles. The van der Waals surface area contributed by atoms with Gasteiger partial charge in [0.15, 0.2) is 5.78 Å². The number of nitrogen functional groups attached to an aromatic ring is 2. The second-order valence-corrected chi connectivity index (χ2v) is 13.1. The van der Waals surface area contributed by atoms with E-state index in [0.717, 1.165) is 35.1 Å². The lowest BCUT2D eigenvalue weighted by Gasteiger charge is -2.12. The van der Waals surface area contributed by atoms with Crippen molar-refractivity contribution in [2.24, 2.45) is 0 Å². The predicted molar refractivity (Wildman–Crippen MR) is 201 cm³/mol. The van der Waals surface area contributed by atoms with E-state index in [1.165, 1.54) is 83.5 Å². The monoisotopic (exact) mass is 646 g/mol. The van der Waals surface area contributed by atoms with Crippen molar-refractivity contribution < 1.29 is 14.3 Å². The SMILES string of the molecule is CCCCCCCCCCCCCCCCCC(=O)Oc1ccc(C(=O)c2cc(-c3cccc(N)c3)cc(-c3cccc(N)c3)c2)cc1. The van der Waals surface area contributed by atoms with Gasteiger partial charge in [-0.05, 0) is 95.4 Å². The van der Waals surface area contributed by atoms with Gasteiger partial charge in [0.2, 0.25) is 0 Å². The number of ketones is 1. The Bertz CT molecular complexity index is 1510. The zero-order chi connectivity index (χ0) is 34.0. The summed E-state index contributed by atoms with van der Waals surface area (Å²) in [6.45, 7) is 2.27. The summed E-state index contributed by atoms with van der Waals surface area (Å²) >= 11 is 0. The molecule has 0 bridgehead atoms. The van der Waals surface area contributed by atoms with Gasteiger partial charge in [0, 0.05) is 28.9 Å². The largest absolute Gasteiger partial charge is 0.427 e. The van der Waals surface area contributed by atoms with E-state index in [0.29, 0.717) is 34.7 Å². The van der Waals surface area contributed by atoms with Crippen LogP contribution < -0.4 is 16.2 Å². The lowest BCUT2D eigenvalue weighted by molar-refractivity contribution is -0.134. The summed E-state index contributed by atoms with van der Waals surface area (Å²) in [5, 5.41) is 0. The summed E-state index contributed by atoms with van der Waals surface area (Å²) in [4.78, 5) is 26.2. The maximum Gasteiger partial charge on any atom is 0.311 e. The zero-order valence-electron chi connectivity index (χ0n) is 28.9. The highest BCUT2D eigenvalue weighted by atomic mass is 16.5. The number of ether oxygens (including phenoxy) is 1. The molecular formula is C43H54N2O3. The molecule has 254 valence electrons. The first-order valence-electron chi connectivity index (χ1n) is 18.2. The second kappa shape index (κ2) is 20.1. The molecule has 4 rings (SSSR count). The Balaban J connectivity index is 1.22. The highest BCUT2D eigenvalue weighted by molar-refractivity contribution is 6.10. The summed E-state index contributed by atoms with van der Waals surface area (Å²) < 4.78 is 5.58. The van der Waals surface area contributed by atoms with Crippen LogP contribution in [0.2, 0.25) is 0 Å². The molecule has 5 heteroatoms. The molecule has 0 amide bonds. The molecule has 0 fully saturated rings. The van der Waals surface area contributed by atoms with Gasteiger partial charge in [0.05, 0.1) is 0 Å². The third-order valence-electron chi connectivity index (χ3n) is 8.97. The Morgan fingerprint density at radius 1 is 0.500 bits per heavy atom. The Labute approximate surface area is 288 Å². The molecule has 4 aromatic carbocycles. The van der Waals surface area contributed by atoms with E-state index in [1.807, 2.05) is 66.7 Å². The van der Waals surface area contributed by atoms with Crippen LogP contribution in [0.15, 0.2) is 91.0 Å². The molecule has 0 atom stereocenters. The van der Waals surface area contributed by atoms with Crippen LogP contribution in [0.5, 0.6) is 5.75 Å². The van der Waals surface area contributed by atoms with Gasteiger partial charge < -0.3 is 16.2 Å². The Hall–Kier alpha value is -4.38. The topological polar surface area (TPSA) is 95.4 Å². The van der Waals surface area contributed by atoms with E-state index in [9.17, 15) is 9.59 Å². The standard InChI is InChI=1S/C43H54N2O3/c1-2-3-4-5-6-7-8-9-10-11-12-13-14-15-16-23-42(46)48-41-26-24-33(25-27-41)43(47)38-29-36(34-19-17-21-39(44)31-34)28-37(30-38)35-20-18-22-40(45)32-35/h17-22,24-32H,2-16,23,44-45H2,1H3. The molecule has 0 saturated carbocycles. The molecular weight excluding hydrogens is 592 g/mol. The van der Waals surface area contributed by atoms with Crippen LogP contribution in [-0.4, -0.2) is 11.8 Å². The smallest absolute Gasteiger partial charge is 0.311 e. The zero-order valence-corrected chi connectivity index (χ0v) is 28.9. The van der Waals surface area contributed by atoms with E-state index in [2.05, 4.69) is 6.92 Å². The Morgan fingerprint density at radius 3 is 1.42 bits per heavy atom. The van der Waals surface area contributed by atoms with E-state index < -0.39 is 0 Å². The van der Waals surface area contributed by atoms with Gasteiger partial charge in [0.1, 0.15) is 5.75 Å². The number of nitrogens with two attached hydrogens (primary N) is 2. The van der Waals surface area contributed by atoms with Crippen molar-refractivity contribution in [1.29, 1.82) is 0 Å². The highest BCUT2D eigenvalue weighted by Crippen LogP contribution is 2.31. The lowest BCUT2D eigenvalue weighted by atomic mass is 9.92. The minimum absolute atomic E-state index is 0.124. The molecule has 0 aliphatic heterocycles. The fourth-order valence-corrected chi connectivity index (χ4v) is 6.19. The molecule has 0 unspecified atom stereocenters. The summed E-state index contributed by atoms with van der Waals surface area (Å²) in [6.07, 6.45) is 19.7. The number of carbonyl (C=O) groups excluding carboxylic acids is 2. The number of carbonyl (C=O) groups is 2. The quantitative estimate of drug-likeness (QED) is 0.0309. The third kappa shape index (κ3) is 12.3. The number of hydrogen-bond acceptors (Lipinski definition) is 5. The number of rotatable bonds is 21. The average molecular weight is 647 g/mol. The van der Waals surface area contributed by atoms with E-state index >= 15 is 0 Å². The van der Waals surface area contributed by atoms with Crippen molar-refractivity contribution in [3.63, 3.8) is 0 Å². The van der Waals surface area contributed by atoms with Gasteiger partial charge >= 0.3 is 5.97 Å². The Kier molecular flexibility index (Phi) is 15.3. The first-order valence-corrected chi connectivity index (χ1v) is 18.2. The number of hydrogen-bond donors (Lipinski definition) is 2. The van der Waals surface area contributed by atoms with E-state index in [-0.39, 0.29) is 11.8 Å². The van der Waals surface area contributed by atoms with Crippen LogP contribution >= 0.6 is 0 Å².